The summed E-state index contributed by atoms with van der Waals surface area (Å²) in [5, 5.41) is 8.99. The minimum atomic E-state index is -1.04. The number of rotatable bonds is 5. The van der Waals surface area contributed by atoms with Gasteiger partial charge >= 0.3 is 5.97 Å². The Morgan fingerprint density at radius 2 is 2.05 bits per heavy atom. The molecule has 1 atom stereocenters. The van der Waals surface area contributed by atoms with E-state index in [1.54, 1.807) is 0 Å². The summed E-state index contributed by atoms with van der Waals surface area (Å²) in [6.07, 6.45) is 1.74. The highest BCUT2D eigenvalue weighted by molar-refractivity contribution is 5.78. The highest BCUT2D eigenvalue weighted by atomic mass is 19.2. The fraction of sp³-hybridized carbons (Fsp3) is 0.429. The second-order valence-corrected chi connectivity index (χ2v) is 4.89. The number of halogens is 2. The average molecular weight is 282 g/mol. The maximum atomic E-state index is 13.4. The van der Waals surface area contributed by atoms with Crippen LogP contribution in [0.5, 0.6) is 0 Å². The number of carboxylic acid groups (broad SMARTS) is 1. The molecule has 0 saturated heterocycles. The van der Waals surface area contributed by atoms with Crippen LogP contribution in [0.1, 0.15) is 38.4 Å². The number of benzene rings is 1. The Morgan fingerprint density at radius 1 is 1.40 bits per heavy atom. The van der Waals surface area contributed by atoms with Crippen LogP contribution in [0.2, 0.25) is 0 Å². The zero-order valence-electron chi connectivity index (χ0n) is 11.4. The van der Waals surface area contributed by atoms with Crippen molar-refractivity contribution in [2.24, 2.45) is 0 Å². The van der Waals surface area contributed by atoms with Gasteiger partial charge < -0.3 is 9.67 Å². The molecule has 1 unspecified atom stereocenters. The molecule has 0 spiro atoms. The molecule has 108 valence electrons. The van der Waals surface area contributed by atoms with Gasteiger partial charge in [-0.1, -0.05) is 20.3 Å². The van der Waals surface area contributed by atoms with Gasteiger partial charge in [0.05, 0.1) is 11.0 Å². The number of nitrogens with zero attached hydrogens (tertiary/aromatic N) is 2. The van der Waals surface area contributed by atoms with Crippen molar-refractivity contribution in [2.75, 3.05) is 0 Å². The third kappa shape index (κ3) is 2.64. The second-order valence-electron chi connectivity index (χ2n) is 4.89. The van der Waals surface area contributed by atoms with Crippen molar-refractivity contribution in [2.45, 2.75) is 39.2 Å². The molecule has 0 radical (unpaired) electrons. The van der Waals surface area contributed by atoms with Crippen LogP contribution in [-0.2, 0) is 11.3 Å². The Bertz CT molecular complexity index is 652. The summed E-state index contributed by atoms with van der Waals surface area (Å²) in [6.45, 7) is 3.63. The molecule has 0 fully saturated rings. The van der Waals surface area contributed by atoms with Gasteiger partial charge in [0.1, 0.15) is 12.4 Å². The molecule has 2 aromatic rings. The molecule has 0 saturated carbocycles. The van der Waals surface area contributed by atoms with E-state index >= 15 is 0 Å². The van der Waals surface area contributed by atoms with Gasteiger partial charge in [0.2, 0.25) is 0 Å². The summed E-state index contributed by atoms with van der Waals surface area (Å²) < 4.78 is 28.1. The van der Waals surface area contributed by atoms with Crippen LogP contribution in [0.4, 0.5) is 8.78 Å². The molecule has 1 N–H and O–H groups in total. The van der Waals surface area contributed by atoms with Crippen molar-refractivity contribution in [1.82, 2.24) is 9.55 Å². The van der Waals surface area contributed by atoms with Gasteiger partial charge in [-0.05, 0) is 6.42 Å². The van der Waals surface area contributed by atoms with Crippen LogP contribution in [0.3, 0.4) is 0 Å². The van der Waals surface area contributed by atoms with Crippen molar-refractivity contribution in [3.05, 3.63) is 29.6 Å². The van der Waals surface area contributed by atoms with Gasteiger partial charge in [-0.25, -0.2) is 13.8 Å². The summed E-state index contributed by atoms with van der Waals surface area (Å²) in [4.78, 5) is 15.3. The number of aliphatic carboxylic acids is 1. The number of aromatic nitrogens is 2. The third-order valence-corrected chi connectivity index (χ3v) is 3.28. The van der Waals surface area contributed by atoms with Crippen LogP contribution >= 0.6 is 0 Å². The molecular weight excluding hydrogens is 266 g/mol. The highest BCUT2D eigenvalue weighted by Crippen LogP contribution is 2.26. The third-order valence-electron chi connectivity index (χ3n) is 3.28. The van der Waals surface area contributed by atoms with Gasteiger partial charge in [-0.3, -0.25) is 4.79 Å². The molecule has 0 aliphatic rings. The highest BCUT2D eigenvalue weighted by Gasteiger charge is 2.19. The molecular formula is C14H16F2N2O2. The number of fused-ring (bicyclic) bond motifs is 1. The normalized spacial score (nSPS) is 12.8. The van der Waals surface area contributed by atoms with Gasteiger partial charge in [-0.15, -0.1) is 0 Å². The van der Waals surface area contributed by atoms with Crippen LogP contribution in [-0.4, -0.2) is 20.6 Å². The smallest absolute Gasteiger partial charge is 0.323 e. The van der Waals surface area contributed by atoms with Crippen molar-refractivity contribution < 1.29 is 18.7 Å². The largest absolute Gasteiger partial charge is 0.480 e. The first-order chi connectivity index (χ1) is 9.43. The number of hydrogen-bond acceptors (Lipinski definition) is 2. The van der Waals surface area contributed by atoms with E-state index in [4.69, 9.17) is 5.11 Å². The first-order valence-corrected chi connectivity index (χ1v) is 6.51. The maximum Gasteiger partial charge on any atom is 0.323 e. The molecule has 0 amide bonds. The lowest BCUT2D eigenvalue weighted by Gasteiger charge is -2.12. The van der Waals surface area contributed by atoms with Crippen LogP contribution in [0.25, 0.3) is 11.0 Å². The molecule has 1 aromatic carbocycles. The lowest BCUT2D eigenvalue weighted by Crippen LogP contribution is -2.13. The molecule has 0 aliphatic heterocycles. The minimum Gasteiger partial charge on any atom is -0.480 e. The number of imidazole rings is 1. The van der Waals surface area contributed by atoms with E-state index in [9.17, 15) is 13.6 Å². The van der Waals surface area contributed by atoms with Crippen molar-refractivity contribution in [3.63, 3.8) is 0 Å². The topological polar surface area (TPSA) is 55.1 Å². The summed E-state index contributed by atoms with van der Waals surface area (Å²) >= 11 is 0. The van der Waals surface area contributed by atoms with E-state index in [1.165, 1.54) is 4.57 Å². The molecule has 1 aromatic heterocycles. The molecule has 0 bridgehead atoms. The fourth-order valence-corrected chi connectivity index (χ4v) is 2.38. The van der Waals surface area contributed by atoms with E-state index in [2.05, 4.69) is 4.98 Å². The Hall–Kier alpha value is -1.98. The molecule has 6 heteroatoms. The molecule has 0 aliphatic carbocycles. The predicted molar refractivity (Wildman–Crippen MR) is 70.6 cm³/mol. The lowest BCUT2D eigenvalue weighted by molar-refractivity contribution is -0.137. The fourth-order valence-electron chi connectivity index (χ4n) is 2.38. The zero-order valence-corrected chi connectivity index (χ0v) is 11.4. The van der Waals surface area contributed by atoms with Crippen LogP contribution in [0.15, 0.2) is 12.1 Å². The van der Waals surface area contributed by atoms with Gasteiger partial charge in [-0.2, -0.15) is 0 Å². The van der Waals surface area contributed by atoms with Crippen molar-refractivity contribution in [3.8, 4) is 0 Å². The Labute approximate surface area is 115 Å². The van der Waals surface area contributed by atoms with Gasteiger partial charge in [0.25, 0.3) is 0 Å². The zero-order chi connectivity index (χ0) is 14.9. The average Bonchev–Trinajstić information content (AvgIpc) is 2.68. The molecule has 2 rings (SSSR count). The van der Waals surface area contributed by atoms with E-state index in [-0.39, 0.29) is 18.0 Å². The summed E-state index contributed by atoms with van der Waals surface area (Å²) in [5.74, 6) is -2.45. The van der Waals surface area contributed by atoms with E-state index in [0.717, 1.165) is 25.0 Å². The van der Waals surface area contributed by atoms with Crippen LogP contribution < -0.4 is 0 Å². The van der Waals surface area contributed by atoms with Crippen molar-refractivity contribution in [1.29, 1.82) is 0 Å². The second kappa shape index (κ2) is 5.56. The molecule has 1 heterocycles. The SMILES string of the molecule is CCCC(C)c1nc2cc(F)c(F)cc2n1CC(=O)O. The lowest BCUT2D eigenvalue weighted by atomic mass is 10.1. The van der Waals surface area contributed by atoms with Crippen molar-refractivity contribution >= 4 is 17.0 Å². The Balaban J connectivity index is 2.63. The quantitative estimate of drug-likeness (QED) is 0.915. The Morgan fingerprint density at radius 3 is 2.65 bits per heavy atom. The maximum absolute atomic E-state index is 13.4. The predicted octanol–water partition coefficient (Wildman–Crippen LogP) is 3.30. The first-order valence-electron chi connectivity index (χ1n) is 6.51. The summed E-state index contributed by atoms with van der Waals surface area (Å²) in [7, 11) is 0. The number of carbonyl (C=O) groups is 1. The standard InChI is InChI=1S/C14H16F2N2O2/c1-3-4-8(2)14-17-11-5-9(15)10(16)6-12(11)18(14)7-13(19)20/h5-6,8H,3-4,7H2,1-2H3,(H,19,20). The molecule has 20 heavy (non-hydrogen) atoms. The number of carboxylic acids is 1. The monoisotopic (exact) mass is 282 g/mol. The van der Waals surface area contributed by atoms with E-state index in [1.807, 2.05) is 13.8 Å². The first kappa shape index (κ1) is 14.4. The van der Waals surface area contributed by atoms with E-state index in [0.29, 0.717) is 11.3 Å². The summed E-state index contributed by atoms with van der Waals surface area (Å²) in [6, 6.07) is 2.01. The van der Waals surface area contributed by atoms with E-state index < -0.39 is 17.6 Å². The van der Waals surface area contributed by atoms with Crippen LogP contribution in [0, 0.1) is 11.6 Å². The molecule has 4 nitrogen and oxygen atoms in total. The minimum absolute atomic E-state index is 0.0258. The van der Waals surface area contributed by atoms with Gasteiger partial charge in [0.15, 0.2) is 11.6 Å². The van der Waals surface area contributed by atoms with Gasteiger partial charge in [0, 0.05) is 18.1 Å². The Kier molecular flexibility index (Phi) is 4.01. The summed E-state index contributed by atoms with van der Waals surface area (Å²) in [5.41, 5.74) is 0.590. The number of hydrogen-bond donors (Lipinski definition) is 1.